The normalized spacial score (nSPS) is 12.1. The molecule has 6 heteroatoms. The van der Waals surface area contributed by atoms with Crippen LogP contribution < -0.4 is 10.1 Å². The van der Waals surface area contributed by atoms with Gasteiger partial charge in [-0.1, -0.05) is 11.6 Å². The smallest absolute Gasteiger partial charge is 0.139 e. The molecule has 0 aliphatic rings. The Balaban J connectivity index is 1.72. The van der Waals surface area contributed by atoms with Gasteiger partial charge in [-0.05, 0) is 24.3 Å². The lowest BCUT2D eigenvalue weighted by Gasteiger charge is -2.14. The highest BCUT2D eigenvalue weighted by atomic mass is 35.5. The summed E-state index contributed by atoms with van der Waals surface area (Å²) in [6, 6.07) is 8.96. The van der Waals surface area contributed by atoms with E-state index in [1.165, 1.54) is 0 Å². The Bertz CT molecular complexity index is 545. The van der Waals surface area contributed by atoms with Gasteiger partial charge in [-0.25, -0.2) is 0 Å². The zero-order valence-electron chi connectivity index (χ0n) is 11.7. The molecule has 5 nitrogen and oxygen atoms in total. The molecule has 0 spiro atoms. The van der Waals surface area contributed by atoms with E-state index >= 15 is 0 Å². The van der Waals surface area contributed by atoms with Gasteiger partial charge in [0.2, 0.25) is 0 Å². The zero-order chi connectivity index (χ0) is 15.1. The lowest BCUT2D eigenvalue weighted by Crippen LogP contribution is -2.24. The molecule has 1 unspecified atom stereocenters. The SMILES string of the molecule is COc1cc(NCC(O)COCc2ccco2)ccc1Cl. The summed E-state index contributed by atoms with van der Waals surface area (Å²) in [5.74, 6) is 1.32. The highest BCUT2D eigenvalue weighted by molar-refractivity contribution is 6.32. The van der Waals surface area contributed by atoms with E-state index in [-0.39, 0.29) is 6.61 Å². The van der Waals surface area contributed by atoms with Crippen molar-refractivity contribution in [1.82, 2.24) is 0 Å². The first-order chi connectivity index (χ1) is 10.2. The lowest BCUT2D eigenvalue weighted by molar-refractivity contribution is 0.0282. The fourth-order valence-corrected chi connectivity index (χ4v) is 1.95. The Kier molecular flexibility index (Phi) is 5.92. The minimum atomic E-state index is -0.623. The average Bonchev–Trinajstić information content (AvgIpc) is 2.99. The Morgan fingerprint density at radius 2 is 2.24 bits per heavy atom. The van der Waals surface area contributed by atoms with Crippen molar-refractivity contribution in [1.29, 1.82) is 0 Å². The van der Waals surface area contributed by atoms with Crippen molar-refractivity contribution < 1.29 is 19.0 Å². The summed E-state index contributed by atoms with van der Waals surface area (Å²) >= 11 is 5.95. The van der Waals surface area contributed by atoms with Gasteiger partial charge in [0.25, 0.3) is 0 Å². The Morgan fingerprint density at radius 1 is 1.38 bits per heavy atom. The van der Waals surface area contributed by atoms with Crippen molar-refractivity contribution in [3.63, 3.8) is 0 Å². The summed E-state index contributed by atoms with van der Waals surface area (Å²) in [7, 11) is 1.56. The van der Waals surface area contributed by atoms with Crippen LogP contribution >= 0.6 is 11.6 Å². The largest absolute Gasteiger partial charge is 0.495 e. The Hall–Kier alpha value is -1.69. The molecule has 2 aromatic rings. The fourth-order valence-electron chi connectivity index (χ4n) is 1.75. The minimum absolute atomic E-state index is 0.221. The van der Waals surface area contributed by atoms with Crippen LogP contribution in [0.4, 0.5) is 5.69 Å². The van der Waals surface area contributed by atoms with E-state index in [0.717, 1.165) is 11.4 Å². The van der Waals surface area contributed by atoms with Gasteiger partial charge in [0.05, 0.1) is 31.1 Å². The monoisotopic (exact) mass is 311 g/mol. The van der Waals surface area contributed by atoms with Gasteiger partial charge < -0.3 is 24.3 Å². The van der Waals surface area contributed by atoms with Crippen LogP contribution in [0, 0.1) is 0 Å². The van der Waals surface area contributed by atoms with Gasteiger partial charge in [-0.3, -0.25) is 0 Å². The third-order valence-corrected chi connectivity index (χ3v) is 3.14. The van der Waals surface area contributed by atoms with Gasteiger partial charge in [0.1, 0.15) is 18.1 Å². The third-order valence-electron chi connectivity index (χ3n) is 2.83. The van der Waals surface area contributed by atoms with Crippen LogP contribution in [-0.4, -0.2) is 31.5 Å². The number of hydrogen-bond acceptors (Lipinski definition) is 5. The average molecular weight is 312 g/mol. The van der Waals surface area contributed by atoms with Gasteiger partial charge in [0, 0.05) is 18.3 Å². The lowest BCUT2D eigenvalue weighted by atomic mass is 10.3. The highest BCUT2D eigenvalue weighted by Gasteiger charge is 2.07. The fraction of sp³-hybridized carbons (Fsp3) is 0.333. The number of rotatable bonds is 8. The molecule has 2 N–H and O–H groups in total. The Morgan fingerprint density at radius 3 is 2.95 bits per heavy atom. The number of nitrogens with one attached hydrogen (secondary N) is 1. The van der Waals surface area contributed by atoms with Crippen LogP contribution in [0.1, 0.15) is 5.76 Å². The molecule has 1 aromatic carbocycles. The number of benzene rings is 1. The summed E-state index contributed by atoms with van der Waals surface area (Å²) < 4.78 is 15.6. The number of anilines is 1. The van der Waals surface area contributed by atoms with Gasteiger partial charge in [0.15, 0.2) is 0 Å². The molecule has 21 heavy (non-hydrogen) atoms. The van der Waals surface area contributed by atoms with Crippen molar-refractivity contribution in [2.75, 3.05) is 25.6 Å². The summed E-state index contributed by atoms with van der Waals surface area (Å²) in [5.41, 5.74) is 0.821. The molecule has 1 aromatic heterocycles. The van der Waals surface area contributed by atoms with Crippen LogP contribution in [-0.2, 0) is 11.3 Å². The summed E-state index contributed by atoms with van der Waals surface area (Å²) in [6.07, 6.45) is 0.964. The predicted molar refractivity (Wildman–Crippen MR) is 80.9 cm³/mol. The molecule has 2 rings (SSSR count). The van der Waals surface area contributed by atoms with E-state index in [9.17, 15) is 5.11 Å². The summed E-state index contributed by atoms with van der Waals surface area (Å²) in [6.45, 7) is 0.931. The second-order valence-electron chi connectivity index (χ2n) is 4.48. The second-order valence-corrected chi connectivity index (χ2v) is 4.89. The number of furan rings is 1. The molecule has 0 aliphatic carbocycles. The molecular weight excluding hydrogens is 294 g/mol. The standard InChI is InChI=1S/C15H18ClNO4/c1-19-15-7-11(4-5-14(15)16)17-8-12(18)9-20-10-13-3-2-6-21-13/h2-7,12,17-18H,8-10H2,1H3. The van der Waals surface area contributed by atoms with Crippen LogP contribution in [0.25, 0.3) is 0 Å². The van der Waals surface area contributed by atoms with Crippen molar-refractivity contribution >= 4 is 17.3 Å². The van der Waals surface area contributed by atoms with Crippen LogP contribution in [0.5, 0.6) is 5.75 Å². The van der Waals surface area contributed by atoms with E-state index in [1.807, 2.05) is 12.1 Å². The first-order valence-corrected chi connectivity index (χ1v) is 6.92. The zero-order valence-corrected chi connectivity index (χ0v) is 12.5. The topological polar surface area (TPSA) is 63.9 Å². The molecule has 0 fully saturated rings. The summed E-state index contributed by atoms with van der Waals surface area (Å²) in [4.78, 5) is 0. The quantitative estimate of drug-likeness (QED) is 0.785. The molecule has 1 heterocycles. The van der Waals surface area contributed by atoms with E-state index in [4.69, 9.17) is 25.5 Å². The number of ether oxygens (including phenoxy) is 2. The predicted octanol–water partition coefficient (Wildman–Crippen LogP) is 2.93. The maximum atomic E-state index is 9.84. The highest BCUT2D eigenvalue weighted by Crippen LogP contribution is 2.27. The van der Waals surface area contributed by atoms with Crippen LogP contribution in [0.15, 0.2) is 41.0 Å². The number of aliphatic hydroxyl groups is 1. The van der Waals surface area contributed by atoms with E-state index in [1.54, 1.807) is 31.6 Å². The van der Waals surface area contributed by atoms with E-state index in [0.29, 0.717) is 23.9 Å². The number of halogens is 1. The molecule has 0 bridgehead atoms. The van der Waals surface area contributed by atoms with Gasteiger partial charge in [-0.15, -0.1) is 0 Å². The first-order valence-electron chi connectivity index (χ1n) is 6.54. The number of hydrogen-bond donors (Lipinski definition) is 2. The molecule has 1 atom stereocenters. The molecule has 0 aliphatic heterocycles. The van der Waals surface area contributed by atoms with Gasteiger partial charge in [-0.2, -0.15) is 0 Å². The minimum Gasteiger partial charge on any atom is -0.495 e. The van der Waals surface area contributed by atoms with E-state index < -0.39 is 6.10 Å². The number of methoxy groups -OCH3 is 1. The van der Waals surface area contributed by atoms with Crippen molar-refractivity contribution in [3.8, 4) is 5.75 Å². The van der Waals surface area contributed by atoms with Crippen molar-refractivity contribution in [3.05, 3.63) is 47.4 Å². The van der Waals surface area contributed by atoms with Crippen molar-refractivity contribution in [2.24, 2.45) is 0 Å². The molecule has 0 amide bonds. The third kappa shape index (κ3) is 4.97. The molecule has 0 saturated carbocycles. The van der Waals surface area contributed by atoms with Crippen molar-refractivity contribution in [2.45, 2.75) is 12.7 Å². The van der Waals surface area contributed by atoms with Crippen LogP contribution in [0.2, 0.25) is 5.02 Å². The first kappa shape index (κ1) is 15.7. The maximum Gasteiger partial charge on any atom is 0.139 e. The molecule has 0 saturated heterocycles. The van der Waals surface area contributed by atoms with Crippen LogP contribution in [0.3, 0.4) is 0 Å². The van der Waals surface area contributed by atoms with Gasteiger partial charge >= 0.3 is 0 Å². The second kappa shape index (κ2) is 7.93. The summed E-state index contributed by atoms with van der Waals surface area (Å²) in [5, 5.41) is 13.5. The molecule has 0 radical (unpaired) electrons. The number of aliphatic hydroxyl groups excluding tert-OH is 1. The maximum absolute atomic E-state index is 9.84. The molecule has 114 valence electrons. The van der Waals surface area contributed by atoms with E-state index in [2.05, 4.69) is 5.32 Å². The Labute approximate surface area is 128 Å². The molecular formula is C15H18ClNO4.